The van der Waals surface area contributed by atoms with Crippen molar-refractivity contribution in [2.75, 3.05) is 0 Å². The molecule has 2 aromatic rings. The average molecular weight is 399 g/mol. The normalized spacial score (nSPS) is 12.6. The summed E-state index contributed by atoms with van der Waals surface area (Å²) in [7, 11) is 0. The fourth-order valence-corrected chi connectivity index (χ4v) is 1.87. The molecule has 1 heterocycles. The summed E-state index contributed by atoms with van der Waals surface area (Å²) in [4.78, 5) is 8.48. The van der Waals surface area contributed by atoms with Gasteiger partial charge in [-0.05, 0) is 25.0 Å². The highest BCUT2D eigenvalue weighted by molar-refractivity contribution is 14.0. The SMILES string of the molecule is CCC(C)NC(N)=NCc1ccccc1-n1ccnc1.I. The zero-order chi connectivity index (χ0) is 14.4. The molecule has 0 saturated heterocycles. The minimum atomic E-state index is 0. The molecular weight excluding hydrogens is 377 g/mol. The summed E-state index contributed by atoms with van der Waals surface area (Å²) in [5, 5.41) is 3.16. The Kier molecular flexibility index (Phi) is 7.21. The first-order valence-corrected chi connectivity index (χ1v) is 6.83. The van der Waals surface area contributed by atoms with Crippen molar-refractivity contribution in [2.45, 2.75) is 32.9 Å². The Hall–Kier alpha value is -1.57. The van der Waals surface area contributed by atoms with Crippen molar-refractivity contribution in [3.8, 4) is 5.69 Å². The Labute approximate surface area is 142 Å². The first-order valence-electron chi connectivity index (χ1n) is 6.83. The number of halogens is 1. The fraction of sp³-hybridized carbons (Fsp3) is 0.333. The van der Waals surface area contributed by atoms with Gasteiger partial charge in [0, 0.05) is 18.4 Å². The Morgan fingerprint density at radius 2 is 2.19 bits per heavy atom. The van der Waals surface area contributed by atoms with Crippen LogP contribution in [0.25, 0.3) is 5.69 Å². The van der Waals surface area contributed by atoms with Gasteiger partial charge in [-0.25, -0.2) is 9.98 Å². The molecule has 2 rings (SSSR count). The van der Waals surface area contributed by atoms with Gasteiger partial charge in [-0.15, -0.1) is 24.0 Å². The molecule has 1 atom stereocenters. The highest BCUT2D eigenvalue weighted by Crippen LogP contribution is 2.14. The van der Waals surface area contributed by atoms with Crippen molar-refractivity contribution in [2.24, 2.45) is 10.7 Å². The van der Waals surface area contributed by atoms with E-state index < -0.39 is 0 Å². The van der Waals surface area contributed by atoms with Gasteiger partial charge in [0.1, 0.15) is 0 Å². The topological polar surface area (TPSA) is 68.2 Å². The Morgan fingerprint density at radius 1 is 1.43 bits per heavy atom. The average Bonchev–Trinajstić information content (AvgIpc) is 2.99. The van der Waals surface area contributed by atoms with Crippen molar-refractivity contribution in [3.05, 3.63) is 48.5 Å². The summed E-state index contributed by atoms with van der Waals surface area (Å²) < 4.78 is 1.98. The van der Waals surface area contributed by atoms with Crippen LogP contribution in [0.3, 0.4) is 0 Å². The molecule has 3 N–H and O–H groups in total. The zero-order valence-corrected chi connectivity index (χ0v) is 14.7. The van der Waals surface area contributed by atoms with Gasteiger partial charge in [0.05, 0.1) is 18.6 Å². The van der Waals surface area contributed by atoms with Crippen LogP contribution in [0, 0.1) is 0 Å². The highest BCUT2D eigenvalue weighted by atomic mass is 127. The van der Waals surface area contributed by atoms with Crippen LogP contribution in [0.1, 0.15) is 25.8 Å². The molecule has 1 unspecified atom stereocenters. The number of aromatic nitrogens is 2. The van der Waals surface area contributed by atoms with E-state index in [-0.39, 0.29) is 24.0 Å². The van der Waals surface area contributed by atoms with Gasteiger partial charge in [0.15, 0.2) is 5.96 Å². The number of aliphatic imine (C=N–C) groups is 1. The van der Waals surface area contributed by atoms with E-state index in [2.05, 4.69) is 35.2 Å². The first-order chi connectivity index (χ1) is 9.70. The molecule has 1 aromatic carbocycles. The van der Waals surface area contributed by atoms with Crippen LogP contribution in [-0.4, -0.2) is 21.6 Å². The second kappa shape index (κ2) is 8.66. The summed E-state index contributed by atoms with van der Waals surface area (Å²) in [6.07, 6.45) is 6.48. The Morgan fingerprint density at radius 3 is 2.86 bits per heavy atom. The molecule has 21 heavy (non-hydrogen) atoms. The number of hydrogen-bond donors (Lipinski definition) is 2. The third kappa shape index (κ3) is 5.04. The van der Waals surface area contributed by atoms with Crippen LogP contribution in [0.5, 0.6) is 0 Å². The summed E-state index contributed by atoms with van der Waals surface area (Å²) in [5.41, 5.74) is 8.07. The molecule has 0 amide bonds. The third-order valence-electron chi connectivity index (χ3n) is 3.20. The maximum Gasteiger partial charge on any atom is 0.189 e. The second-order valence-corrected chi connectivity index (χ2v) is 4.75. The van der Waals surface area contributed by atoms with Crippen molar-refractivity contribution in [1.82, 2.24) is 14.9 Å². The van der Waals surface area contributed by atoms with Crippen molar-refractivity contribution in [1.29, 1.82) is 0 Å². The van der Waals surface area contributed by atoms with E-state index in [4.69, 9.17) is 5.73 Å². The lowest BCUT2D eigenvalue weighted by molar-refractivity contribution is 0.636. The monoisotopic (exact) mass is 399 g/mol. The lowest BCUT2D eigenvalue weighted by atomic mass is 10.2. The fourth-order valence-electron chi connectivity index (χ4n) is 1.87. The zero-order valence-electron chi connectivity index (χ0n) is 12.4. The van der Waals surface area contributed by atoms with Gasteiger partial charge in [-0.1, -0.05) is 25.1 Å². The number of nitrogens with two attached hydrogens (primary N) is 1. The molecule has 0 aliphatic rings. The molecule has 5 nitrogen and oxygen atoms in total. The predicted molar refractivity (Wildman–Crippen MR) is 97.2 cm³/mol. The maximum atomic E-state index is 5.89. The number of benzene rings is 1. The molecule has 6 heteroatoms. The molecule has 114 valence electrons. The summed E-state index contributed by atoms with van der Waals surface area (Å²) >= 11 is 0. The predicted octanol–water partition coefficient (Wildman–Crippen LogP) is 2.69. The molecule has 0 fully saturated rings. The van der Waals surface area contributed by atoms with Crippen molar-refractivity contribution < 1.29 is 0 Å². The molecular formula is C15H22IN5. The number of imidazole rings is 1. The molecule has 0 spiro atoms. The van der Waals surface area contributed by atoms with Crippen molar-refractivity contribution in [3.63, 3.8) is 0 Å². The number of para-hydroxylation sites is 1. The van der Waals surface area contributed by atoms with Crippen LogP contribution in [0.2, 0.25) is 0 Å². The number of nitrogens with zero attached hydrogens (tertiary/aromatic N) is 3. The molecule has 0 radical (unpaired) electrons. The minimum absolute atomic E-state index is 0. The van der Waals surface area contributed by atoms with E-state index in [0.717, 1.165) is 17.7 Å². The molecule has 0 bridgehead atoms. The minimum Gasteiger partial charge on any atom is -0.370 e. The van der Waals surface area contributed by atoms with E-state index >= 15 is 0 Å². The van der Waals surface area contributed by atoms with Crippen LogP contribution < -0.4 is 11.1 Å². The largest absolute Gasteiger partial charge is 0.370 e. The van der Waals surface area contributed by atoms with Crippen LogP contribution >= 0.6 is 24.0 Å². The van der Waals surface area contributed by atoms with Gasteiger partial charge in [0.25, 0.3) is 0 Å². The molecule has 0 aliphatic heterocycles. The Balaban J connectivity index is 0.00000220. The lowest BCUT2D eigenvalue weighted by Crippen LogP contribution is -2.38. The Bertz CT molecular complexity index is 565. The quantitative estimate of drug-likeness (QED) is 0.462. The summed E-state index contributed by atoms with van der Waals surface area (Å²) in [6.45, 7) is 4.74. The van der Waals surface area contributed by atoms with Crippen LogP contribution in [0.15, 0.2) is 48.0 Å². The first kappa shape index (κ1) is 17.5. The van der Waals surface area contributed by atoms with Gasteiger partial charge >= 0.3 is 0 Å². The number of nitrogens with one attached hydrogen (secondary N) is 1. The number of guanidine groups is 1. The van der Waals surface area contributed by atoms with E-state index in [1.807, 2.05) is 29.0 Å². The van der Waals surface area contributed by atoms with Crippen molar-refractivity contribution >= 4 is 29.9 Å². The van der Waals surface area contributed by atoms with Gasteiger partial charge < -0.3 is 15.6 Å². The van der Waals surface area contributed by atoms with Gasteiger partial charge in [-0.3, -0.25) is 0 Å². The van der Waals surface area contributed by atoms with E-state index in [1.165, 1.54) is 0 Å². The highest BCUT2D eigenvalue weighted by Gasteiger charge is 2.04. The van der Waals surface area contributed by atoms with E-state index in [9.17, 15) is 0 Å². The van der Waals surface area contributed by atoms with E-state index in [0.29, 0.717) is 18.5 Å². The van der Waals surface area contributed by atoms with E-state index in [1.54, 1.807) is 12.5 Å². The van der Waals surface area contributed by atoms with Crippen LogP contribution in [-0.2, 0) is 6.54 Å². The smallest absolute Gasteiger partial charge is 0.189 e. The van der Waals surface area contributed by atoms with Gasteiger partial charge in [-0.2, -0.15) is 0 Å². The summed E-state index contributed by atoms with van der Waals surface area (Å²) in [6, 6.07) is 8.44. The molecule has 0 saturated carbocycles. The maximum absolute atomic E-state index is 5.89. The van der Waals surface area contributed by atoms with Crippen LogP contribution in [0.4, 0.5) is 0 Å². The molecule has 0 aliphatic carbocycles. The standard InChI is InChI=1S/C15H21N5.HI/c1-3-12(2)19-15(16)18-10-13-6-4-5-7-14(13)20-9-8-17-11-20;/h4-9,11-12H,3,10H2,1-2H3,(H3,16,18,19);1H. The molecule has 1 aromatic heterocycles. The third-order valence-corrected chi connectivity index (χ3v) is 3.20. The number of hydrogen-bond acceptors (Lipinski definition) is 2. The lowest BCUT2D eigenvalue weighted by Gasteiger charge is -2.12. The second-order valence-electron chi connectivity index (χ2n) is 4.75. The van der Waals surface area contributed by atoms with Gasteiger partial charge in [0.2, 0.25) is 0 Å². The summed E-state index contributed by atoms with van der Waals surface area (Å²) in [5.74, 6) is 0.486. The number of rotatable bonds is 5.